The van der Waals surface area contributed by atoms with Crippen molar-refractivity contribution in [2.24, 2.45) is 5.41 Å². The quantitative estimate of drug-likeness (QED) is 0.0158. The van der Waals surface area contributed by atoms with E-state index in [1.165, 1.54) is 54.9 Å². The highest BCUT2D eigenvalue weighted by Crippen LogP contribution is 2.29. The van der Waals surface area contributed by atoms with Gasteiger partial charge in [0.15, 0.2) is 6.10 Å². The molecule has 3 aromatic rings. The molecular formula is C73H94N4O11S2. The Balaban J connectivity index is 1.48. The highest BCUT2D eigenvalue weighted by Gasteiger charge is 2.40. The minimum absolute atomic E-state index is 0.0235. The first-order valence-corrected chi connectivity index (χ1v) is 33.8. The molecule has 1 aromatic heterocycles. The Labute approximate surface area is 542 Å². The zero-order valence-corrected chi connectivity index (χ0v) is 54.7. The third-order valence-electron chi connectivity index (χ3n) is 12.9. The molecule has 0 radical (unpaired) electrons. The minimum Gasteiger partial charge on any atom is -0.465 e. The smallest absolute Gasteiger partial charge is 0.347 e. The van der Waals surface area contributed by atoms with E-state index in [0.717, 1.165) is 77.0 Å². The van der Waals surface area contributed by atoms with Crippen molar-refractivity contribution in [1.29, 1.82) is 0 Å². The number of unbranched alkanes of at least 4 members (excludes halogenated alkanes) is 2. The number of carbonyl (C=O) groups is 7. The van der Waals surface area contributed by atoms with Crippen molar-refractivity contribution >= 4 is 63.2 Å². The van der Waals surface area contributed by atoms with Gasteiger partial charge in [-0.2, -0.15) is 0 Å². The van der Waals surface area contributed by atoms with Crippen molar-refractivity contribution in [2.45, 2.75) is 143 Å². The van der Waals surface area contributed by atoms with Crippen LogP contribution in [0, 0.1) is 5.41 Å². The Bertz CT molecular complexity index is 2920. The number of rotatable bonds is 46. The normalized spacial score (nSPS) is 12.5. The molecule has 0 unspecified atom stereocenters. The van der Waals surface area contributed by atoms with Crippen LogP contribution in [0.4, 0.5) is 0 Å². The molecule has 0 fully saturated rings. The van der Waals surface area contributed by atoms with Crippen LogP contribution in [0.2, 0.25) is 0 Å². The molecule has 0 aliphatic heterocycles. The van der Waals surface area contributed by atoms with Crippen LogP contribution in [-0.4, -0.2) is 90.4 Å². The van der Waals surface area contributed by atoms with Crippen molar-refractivity contribution < 1.29 is 52.5 Å². The summed E-state index contributed by atoms with van der Waals surface area (Å²) in [7, 11) is 3.16. The van der Waals surface area contributed by atoms with Gasteiger partial charge < -0.3 is 34.9 Å². The number of nitrogens with zero attached hydrogens (tertiary/aromatic N) is 1. The highest BCUT2D eigenvalue weighted by atomic mass is 33.1. The van der Waals surface area contributed by atoms with E-state index in [0.29, 0.717) is 43.9 Å². The van der Waals surface area contributed by atoms with Gasteiger partial charge in [0.1, 0.15) is 29.2 Å². The number of esters is 4. The molecule has 1 atom stereocenters. The summed E-state index contributed by atoms with van der Waals surface area (Å²) in [5, 5.41) is 8.51. The number of pyridine rings is 1. The zero-order chi connectivity index (χ0) is 65.0. The summed E-state index contributed by atoms with van der Waals surface area (Å²) in [6.45, 7) is 7.97. The molecule has 1 heterocycles. The number of hydrogen-bond donors (Lipinski definition) is 3. The van der Waals surface area contributed by atoms with Crippen LogP contribution in [0.3, 0.4) is 0 Å². The van der Waals surface area contributed by atoms with Gasteiger partial charge in [0.2, 0.25) is 11.8 Å². The van der Waals surface area contributed by atoms with E-state index in [4.69, 9.17) is 18.9 Å². The first-order chi connectivity index (χ1) is 43.9. The molecular weight excluding hydrogens is 1170 g/mol. The fourth-order valence-corrected chi connectivity index (χ4v) is 9.84. The lowest BCUT2D eigenvalue weighted by atomic mass is 9.86. The van der Waals surface area contributed by atoms with Gasteiger partial charge in [0.25, 0.3) is 5.91 Å². The van der Waals surface area contributed by atoms with Crippen molar-refractivity contribution in [1.82, 2.24) is 20.9 Å². The number of hydrogen-bond acceptors (Lipinski definition) is 14. The van der Waals surface area contributed by atoms with E-state index >= 15 is 0 Å². The van der Waals surface area contributed by atoms with Crippen molar-refractivity contribution in [3.63, 3.8) is 0 Å². The van der Waals surface area contributed by atoms with Crippen LogP contribution >= 0.6 is 21.6 Å². The van der Waals surface area contributed by atoms with E-state index in [2.05, 4.69) is 144 Å². The molecule has 0 saturated heterocycles. The molecule has 3 rings (SSSR count). The van der Waals surface area contributed by atoms with Crippen LogP contribution in [-0.2, 0) is 28.7 Å². The van der Waals surface area contributed by atoms with E-state index in [9.17, 15) is 33.6 Å². The molecule has 0 bridgehead atoms. The Morgan fingerprint density at radius 3 is 1.40 bits per heavy atom. The molecule has 0 aliphatic rings. The summed E-state index contributed by atoms with van der Waals surface area (Å²) < 4.78 is 22.8. The summed E-state index contributed by atoms with van der Waals surface area (Å²) in [5.41, 5.74) is -1.48. The van der Waals surface area contributed by atoms with E-state index in [1.54, 1.807) is 53.6 Å². The maximum atomic E-state index is 14.1. The number of para-hydroxylation sites is 2. The summed E-state index contributed by atoms with van der Waals surface area (Å²) in [6.07, 6.45) is 56.8. The molecule has 3 amide bonds. The Kier molecular flexibility index (Phi) is 42.2. The predicted molar refractivity (Wildman–Crippen MR) is 366 cm³/mol. The first kappa shape index (κ1) is 76.2. The summed E-state index contributed by atoms with van der Waals surface area (Å²) in [6, 6.07) is 14.8. The van der Waals surface area contributed by atoms with Gasteiger partial charge >= 0.3 is 23.9 Å². The molecule has 17 heteroatoms. The second kappa shape index (κ2) is 49.8. The Morgan fingerprint density at radius 2 is 0.922 bits per heavy atom. The van der Waals surface area contributed by atoms with Crippen LogP contribution in [0.15, 0.2) is 195 Å². The van der Waals surface area contributed by atoms with Gasteiger partial charge in [-0.15, -0.1) is 0 Å². The van der Waals surface area contributed by atoms with Crippen molar-refractivity contribution in [3.8, 4) is 11.5 Å². The highest BCUT2D eigenvalue weighted by molar-refractivity contribution is 8.76. The summed E-state index contributed by atoms with van der Waals surface area (Å²) in [4.78, 5) is 96.9. The number of ether oxygens (including phenoxy) is 4. The number of allylic oxidation sites excluding steroid dienone is 20. The maximum Gasteiger partial charge on any atom is 0.347 e. The number of benzene rings is 2. The third-order valence-corrected chi connectivity index (χ3v) is 15.3. The molecule has 3 N–H and O–H groups in total. The van der Waals surface area contributed by atoms with Gasteiger partial charge in [0, 0.05) is 68.2 Å². The second-order valence-corrected chi connectivity index (χ2v) is 23.7. The maximum absolute atomic E-state index is 14.1. The Morgan fingerprint density at radius 1 is 0.489 bits per heavy atom. The van der Waals surface area contributed by atoms with Gasteiger partial charge in [-0.1, -0.05) is 195 Å². The lowest BCUT2D eigenvalue weighted by molar-refractivity contribution is -0.153. The SMILES string of the molecule is CC/C=C\C/C=C\C/C=C\C/C=C\C/C=C\CCCC(=O)NCCSSCCNC(=O)CCNC(=O)[C@H](OC(=O)c1ccccc1OC(=O)c1ccccc1OC(=O)c1cccnc1)C(C)(C)COC(=O)CCC/C=C/C/C=C\C/C=C\C/C=C\C/C=C\CC. The molecule has 484 valence electrons. The fraction of sp³-hybridized carbons (Fsp3) is 0.397. The molecule has 2 aromatic carbocycles. The van der Waals surface area contributed by atoms with E-state index < -0.39 is 41.3 Å². The van der Waals surface area contributed by atoms with Gasteiger partial charge in [-0.25, -0.2) is 14.4 Å². The fourth-order valence-electron chi connectivity index (χ4n) is 8.03. The zero-order valence-electron chi connectivity index (χ0n) is 53.1. The van der Waals surface area contributed by atoms with Gasteiger partial charge in [-0.3, -0.25) is 24.2 Å². The topological polar surface area (TPSA) is 205 Å². The summed E-state index contributed by atoms with van der Waals surface area (Å²) in [5.74, 6) is -3.27. The molecule has 0 aliphatic carbocycles. The van der Waals surface area contributed by atoms with Gasteiger partial charge in [-0.05, 0) is 126 Å². The van der Waals surface area contributed by atoms with Crippen LogP contribution in [0.5, 0.6) is 11.5 Å². The average Bonchev–Trinajstić information content (AvgIpc) is 1.24. The number of carbonyl (C=O) groups excluding carboxylic acids is 7. The molecule has 90 heavy (non-hydrogen) atoms. The van der Waals surface area contributed by atoms with Gasteiger partial charge in [0.05, 0.1) is 5.56 Å². The lowest BCUT2D eigenvalue weighted by Crippen LogP contribution is -2.49. The minimum atomic E-state index is -1.56. The van der Waals surface area contributed by atoms with Crippen molar-refractivity contribution in [2.75, 3.05) is 37.7 Å². The lowest BCUT2D eigenvalue weighted by Gasteiger charge is -2.32. The van der Waals surface area contributed by atoms with E-state index in [1.807, 2.05) is 12.2 Å². The molecule has 0 saturated carbocycles. The number of amides is 3. The average molecular weight is 1270 g/mol. The molecule has 0 spiro atoms. The second-order valence-electron chi connectivity index (χ2n) is 21.0. The standard InChI is InChI=1S/C73H94N4O11S2/c1-5-7-9-11-13-15-17-19-21-23-25-27-29-31-33-35-37-49-65(78)75-54-56-89-90-57-55-76-66(79)51-53-77-69(81)68(73(3,4)59-85-67(80)50-38-36-34-32-30-28-26-24-22-20-18-16-14-12-10-8-6-2)88-72(84)62-46-40-42-48-64(62)87-71(83)61-45-39-41-47-63(61)86-70(82)60-44-43-52-74-58-60/h7-10,13-16,19-22,25-28,31-34,39-48,52,58,68H,5-6,11-12,17-18,23-24,29-30,35-38,49-51,53-57,59H2,1-4H3,(H,75,78)(H,76,79)(H,77,81)/b9-7-,10-8-,15-13-,16-14-,21-19-,22-20-,27-25-,28-26-,33-31-,34-32+/t68-/m0/s1. The van der Waals surface area contributed by atoms with Crippen molar-refractivity contribution in [3.05, 3.63) is 211 Å². The van der Waals surface area contributed by atoms with Crippen LogP contribution in [0.25, 0.3) is 0 Å². The monoisotopic (exact) mass is 1270 g/mol. The Hall–Kier alpha value is -8.02. The third kappa shape index (κ3) is 36.5. The summed E-state index contributed by atoms with van der Waals surface area (Å²) >= 11 is 0. The predicted octanol–water partition coefficient (Wildman–Crippen LogP) is 15.6. The van der Waals surface area contributed by atoms with Crippen LogP contribution in [0.1, 0.15) is 168 Å². The van der Waals surface area contributed by atoms with E-state index in [-0.39, 0.29) is 66.0 Å². The van der Waals surface area contributed by atoms with Crippen LogP contribution < -0.4 is 25.4 Å². The molecule has 15 nitrogen and oxygen atoms in total. The number of aromatic nitrogens is 1. The number of nitrogens with one attached hydrogen (secondary N) is 3. The first-order valence-electron chi connectivity index (χ1n) is 31.3. The largest absolute Gasteiger partial charge is 0.465 e.